The van der Waals surface area contributed by atoms with Gasteiger partial charge in [0, 0.05) is 17.6 Å². The normalized spacial score (nSPS) is 14.1. The molecule has 1 aromatic rings. The number of hydrogen-bond acceptors (Lipinski definition) is 3. The monoisotopic (exact) mass is 531 g/mol. The minimum atomic E-state index is -2.91. The van der Waals surface area contributed by atoms with Crippen LogP contribution in [0.2, 0.25) is 0 Å². The molecule has 0 spiro atoms. The van der Waals surface area contributed by atoms with E-state index in [1.54, 1.807) is 6.07 Å². The van der Waals surface area contributed by atoms with Gasteiger partial charge in [-0.25, -0.2) is 13.6 Å². The Hall–Kier alpha value is -2.76. The second-order valence-corrected chi connectivity index (χ2v) is 10.9. The molecule has 38 heavy (non-hydrogen) atoms. The average Bonchev–Trinajstić information content (AvgIpc) is 2.84. The van der Waals surface area contributed by atoms with Gasteiger partial charge in [-0.05, 0) is 88.3 Å². The van der Waals surface area contributed by atoms with Crippen LogP contribution in [0.5, 0.6) is 0 Å². The van der Waals surface area contributed by atoms with E-state index in [0.29, 0.717) is 23.5 Å². The molecule has 0 radical (unpaired) electrons. The predicted octanol–water partition coefficient (Wildman–Crippen LogP) is 6.78. The van der Waals surface area contributed by atoms with Crippen LogP contribution in [-0.2, 0) is 9.53 Å². The van der Waals surface area contributed by atoms with Gasteiger partial charge in [-0.2, -0.15) is 0 Å². The number of carbonyl (C=O) groups is 2. The van der Waals surface area contributed by atoms with Gasteiger partial charge in [0.15, 0.2) is 0 Å². The minimum Gasteiger partial charge on any atom is -0.457 e. The summed E-state index contributed by atoms with van der Waals surface area (Å²) < 4.78 is 32.5. The second-order valence-electron chi connectivity index (χ2n) is 10.9. The molecule has 0 bridgehead atoms. The van der Waals surface area contributed by atoms with Crippen LogP contribution < -0.4 is 15.8 Å². The van der Waals surface area contributed by atoms with E-state index in [1.165, 1.54) is 6.92 Å². The highest BCUT2D eigenvalue weighted by Gasteiger charge is 2.27. The highest BCUT2D eigenvalue weighted by atomic mass is 19.3. The van der Waals surface area contributed by atoms with E-state index < -0.39 is 24.0 Å². The topological polar surface area (TPSA) is 55.4 Å². The zero-order valence-corrected chi connectivity index (χ0v) is 24.4. The Labute approximate surface area is 227 Å². The van der Waals surface area contributed by atoms with E-state index in [2.05, 4.69) is 37.0 Å². The summed E-state index contributed by atoms with van der Waals surface area (Å²) in [4.78, 5) is 24.7. The quantitative estimate of drug-likeness (QED) is 0.164. The van der Waals surface area contributed by atoms with Crippen molar-refractivity contribution in [3.63, 3.8) is 0 Å². The highest BCUT2D eigenvalue weighted by Crippen LogP contribution is 2.22. The number of halogens is 2. The van der Waals surface area contributed by atoms with E-state index >= 15 is 0 Å². The standard InChI is InChI=1S/C32H47F2NO3/c1-9-15-25(19-18-23(4)30(37)38-31(6,7)8)16-13-12-14-17-26-20-21-28(24(5)27(26)10-2)29(36)35-22-32(33,34)11-3/h10,12-13,17,20-21,25H,4,9,11,14-16,18-19,22H2,1-3,5-8H3,(H,35,36). The molecule has 1 unspecified atom stereocenters. The van der Waals surface area contributed by atoms with Crippen molar-refractivity contribution >= 4 is 24.0 Å². The van der Waals surface area contributed by atoms with E-state index in [-0.39, 0.29) is 12.4 Å². The van der Waals surface area contributed by atoms with Crippen molar-refractivity contribution in [2.45, 2.75) is 105 Å². The van der Waals surface area contributed by atoms with E-state index in [4.69, 9.17) is 4.74 Å². The second kappa shape index (κ2) is 15.6. The number of alkyl halides is 2. The molecule has 0 aromatic heterocycles. The number of benzene rings is 1. The van der Waals surface area contributed by atoms with Gasteiger partial charge >= 0.3 is 5.97 Å². The van der Waals surface area contributed by atoms with Gasteiger partial charge in [-0.1, -0.05) is 63.6 Å². The van der Waals surface area contributed by atoms with Crippen LogP contribution in [0.15, 0.2) is 36.4 Å². The van der Waals surface area contributed by atoms with E-state index in [9.17, 15) is 18.4 Å². The number of amides is 1. The Morgan fingerprint density at radius 3 is 2.39 bits per heavy atom. The molecule has 1 rings (SSSR count). The van der Waals surface area contributed by atoms with Crippen molar-refractivity contribution in [2.24, 2.45) is 5.92 Å². The zero-order valence-electron chi connectivity index (χ0n) is 24.4. The fourth-order valence-electron chi connectivity index (χ4n) is 4.19. The number of rotatable bonds is 14. The lowest BCUT2D eigenvalue weighted by Gasteiger charge is -2.21. The molecule has 0 aliphatic heterocycles. The lowest BCUT2D eigenvalue weighted by atomic mass is 9.92. The van der Waals surface area contributed by atoms with Crippen molar-refractivity contribution in [1.82, 2.24) is 5.32 Å². The number of allylic oxidation sites excluding steroid dienone is 2. The van der Waals surface area contributed by atoms with Crippen molar-refractivity contribution in [3.8, 4) is 0 Å². The van der Waals surface area contributed by atoms with Crippen LogP contribution in [-0.4, -0.2) is 29.9 Å². The largest absolute Gasteiger partial charge is 0.457 e. The van der Waals surface area contributed by atoms with Crippen LogP contribution in [0.25, 0.3) is 12.2 Å². The van der Waals surface area contributed by atoms with E-state index in [1.807, 2.05) is 46.8 Å². The Morgan fingerprint density at radius 2 is 1.82 bits per heavy atom. The first-order valence-corrected chi connectivity index (χ1v) is 13.7. The molecular formula is C32H47F2NO3. The molecule has 1 N–H and O–H groups in total. The molecule has 0 fully saturated rings. The lowest BCUT2D eigenvalue weighted by Crippen LogP contribution is -2.38. The maximum atomic E-state index is 13.5. The summed E-state index contributed by atoms with van der Waals surface area (Å²) in [6.45, 7) is 16.1. The number of hydrogen-bond donors (Lipinski definition) is 1. The number of esters is 1. The molecule has 0 aliphatic rings. The van der Waals surface area contributed by atoms with Crippen LogP contribution in [0.3, 0.4) is 0 Å². The minimum absolute atomic E-state index is 0.317. The first kappa shape index (κ1) is 33.3. The summed E-state index contributed by atoms with van der Waals surface area (Å²) in [5, 5.41) is 4.29. The van der Waals surface area contributed by atoms with Crippen molar-refractivity contribution in [3.05, 3.63) is 58.0 Å². The third-order valence-corrected chi connectivity index (χ3v) is 6.46. The summed E-state index contributed by atoms with van der Waals surface area (Å²) in [5.74, 6) is -3.25. The molecular weight excluding hydrogens is 484 g/mol. The van der Waals surface area contributed by atoms with Gasteiger partial charge in [0.05, 0.1) is 6.54 Å². The first-order valence-electron chi connectivity index (χ1n) is 13.7. The molecule has 4 nitrogen and oxygen atoms in total. The fourth-order valence-corrected chi connectivity index (χ4v) is 4.19. The molecule has 0 saturated carbocycles. The van der Waals surface area contributed by atoms with Crippen LogP contribution in [0.4, 0.5) is 8.78 Å². The summed E-state index contributed by atoms with van der Waals surface area (Å²) in [5.41, 5.74) is 1.19. The maximum absolute atomic E-state index is 13.5. The molecule has 6 heteroatoms. The average molecular weight is 532 g/mol. The smallest absolute Gasteiger partial charge is 0.333 e. The van der Waals surface area contributed by atoms with Crippen molar-refractivity contribution in [2.75, 3.05) is 6.54 Å². The molecule has 0 aliphatic carbocycles. The Bertz CT molecular complexity index is 1100. The summed E-state index contributed by atoms with van der Waals surface area (Å²) in [6, 6.07) is 3.57. The summed E-state index contributed by atoms with van der Waals surface area (Å²) in [6.07, 6.45) is 13.4. The first-order chi connectivity index (χ1) is 17.7. The zero-order chi connectivity index (χ0) is 28.9. The molecule has 0 saturated heterocycles. The van der Waals surface area contributed by atoms with E-state index in [0.717, 1.165) is 48.1 Å². The number of carbonyl (C=O) groups excluding carboxylic acids is 2. The molecule has 1 amide bonds. The van der Waals surface area contributed by atoms with Gasteiger partial charge in [-0.3, -0.25) is 4.79 Å². The van der Waals surface area contributed by atoms with Gasteiger partial charge in [0.2, 0.25) is 0 Å². The Kier molecular flexibility index (Phi) is 13.7. The SMILES string of the molecule is C=C(CCC(CC=CCC=c1ccc(C(=O)NCC(F)(F)CC)c(C)c1=CC)CCC)C(=O)OC(C)(C)C. The third-order valence-electron chi connectivity index (χ3n) is 6.46. The molecule has 1 aromatic carbocycles. The Morgan fingerprint density at radius 1 is 1.13 bits per heavy atom. The van der Waals surface area contributed by atoms with Crippen molar-refractivity contribution < 1.29 is 23.1 Å². The molecule has 212 valence electrons. The van der Waals surface area contributed by atoms with Crippen LogP contribution in [0.1, 0.15) is 102 Å². The number of nitrogens with one attached hydrogen (secondary N) is 1. The van der Waals surface area contributed by atoms with Crippen LogP contribution >= 0.6 is 0 Å². The summed E-state index contributed by atoms with van der Waals surface area (Å²) >= 11 is 0. The fraction of sp³-hybridized carbons (Fsp3) is 0.562. The van der Waals surface area contributed by atoms with Crippen molar-refractivity contribution in [1.29, 1.82) is 0 Å². The van der Waals surface area contributed by atoms with Crippen LogP contribution in [0, 0.1) is 12.8 Å². The van der Waals surface area contributed by atoms with Gasteiger partial charge in [0.1, 0.15) is 5.60 Å². The van der Waals surface area contributed by atoms with Gasteiger partial charge in [-0.15, -0.1) is 0 Å². The Balaban J connectivity index is 2.80. The van der Waals surface area contributed by atoms with Gasteiger partial charge < -0.3 is 10.1 Å². The lowest BCUT2D eigenvalue weighted by molar-refractivity contribution is -0.150. The molecule has 1 atom stereocenters. The summed E-state index contributed by atoms with van der Waals surface area (Å²) in [7, 11) is 0. The number of ether oxygens (including phenoxy) is 1. The molecule has 0 heterocycles. The highest BCUT2D eigenvalue weighted by molar-refractivity contribution is 5.95. The third kappa shape index (κ3) is 11.7. The van der Waals surface area contributed by atoms with Gasteiger partial charge in [0.25, 0.3) is 11.8 Å². The predicted molar refractivity (Wildman–Crippen MR) is 154 cm³/mol. The maximum Gasteiger partial charge on any atom is 0.333 e.